The van der Waals surface area contributed by atoms with Gasteiger partial charge in [-0.25, -0.2) is 4.79 Å². The summed E-state index contributed by atoms with van der Waals surface area (Å²) < 4.78 is 9.97. The zero-order valence-electron chi connectivity index (χ0n) is 8.90. The first-order valence-corrected chi connectivity index (χ1v) is 4.92. The van der Waals surface area contributed by atoms with Gasteiger partial charge in [-0.1, -0.05) is 0 Å². The quantitative estimate of drug-likeness (QED) is 0.689. The molecule has 0 saturated carbocycles. The summed E-state index contributed by atoms with van der Waals surface area (Å²) in [6.07, 6.45) is 1.60. The van der Waals surface area contributed by atoms with Gasteiger partial charge in [-0.2, -0.15) is 0 Å². The minimum atomic E-state index is -0.874. The Balaban J connectivity index is 2.26. The third kappa shape index (κ3) is 1.92. The Morgan fingerprint density at radius 1 is 1.75 bits per heavy atom. The molecule has 6 heteroatoms. The van der Waals surface area contributed by atoms with E-state index in [0.29, 0.717) is 18.1 Å². The lowest BCUT2D eigenvalue weighted by atomic mass is 10.2. The number of rotatable bonds is 2. The number of ether oxygens (including phenoxy) is 2. The van der Waals surface area contributed by atoms with E-state index in [1.54, 1.807) is 12.3 Å². The summed E-state index contributed by atoms with van der Waals surface area (Å²) in [5.74, 6) is 0.145. The second-order valence-corrected chi connectivity index (χ2v) is 3.38. The van der Waals surface area contributed by atoms with E-state index in [1.807, 2.05) is 0 Å². The van der Waals surface area contributed by atoms with Gasteiger partial charge in [-0.3, -0.25) is 4.98 Å². The van der Waals surface area contributed by atoms with E-state index < -0.39 is 12.0 Å². The zero-order chi connectivity index (χ0) is 11.5. The van der Waals surface area contributed by atoms with Crippen LogP contribution in [0, 0.1) is 0 Å². The molecule has 0 bridgehead atoms. The molecule has 0 spiro atoms. The Morgan fingerprint density at radius 2 is 2.56 bits per heavy atom. The highest BCUT2D eigenvalue weighted by molar-refractivity contribution is 5.77. The van der Waals surface area contributed by atoms with Crippen molar-refractivity contribution in [2.75, 3.05) is 25.6 Å². The molecular formula is C10H13N3O3. The number of carbonyl (C=O) groups is 1. The number of anilines is 1. The predicted molar refractivity (Wildman–Crippen MR) is 57.2 cm³/mol. The van der Waals surface area contributed by atoms with Crippen molar-refractivity contribution in [3.8, 4) is 5.75 Å². The Hall–Kier alpha value is -1.82. The highest BCUT2D eigenvalue weighted by Gasteiger charge is 2.20. The minimum Gasteiger partial charge on any atom is -0.489 e. The van der Waals surface area contributed by atoms with Crippen molar-refractivity contribution in [2.24, 2.45) is 5.73 Å². The Morgan fingerprint density at radius 3 is 3.31 bits per heavy atom. The third-order valence-electron chi connectivity index (χ3n) is 2.34. The fourth-order valence-electron chi connectivity index (χ4n) is 1.47. The molecule has 0 saturated heterocycles. The molecule has 1 atom stereocenters. The fourth-order valence-corrected chi connectivity index (χ4v) is 1.47. The smallest absolute Gasteiger partial charge is 0.328 e. The van der Waals surface area contributed by atoms with Crippen LogP contribution in [0.1, 0.15) is 11.7 Å². The van der Waals surface area contributed by atoms with Gasteiger partial charge in [-0.05, 0) is 0 Å². The summed E-state index contributed by atoms with van der Waals surface area (Å²) in [6, 6.07) is 0.782. The van der Waals surface area contributed by atoms with Crippen molar-refractivity contribution in [3.05, 3.63) is 18.0 Å². The first-order chi connectivity index (χ1) is 7.72. The van der Waals surface area contributed by atoms with Crippen molar-refractivity contribution in [2.45, 2.75) is 6.04 Å². The van der Waals surface area contributed by atoms with Crippen LogP contribution in [-0.4, -0.2) is 31.2 Å². The molecule has 1 aromatic heterocycles. The second-order valence-electron chi connectivity index (χ2n) is 3.38. The van der Waals surface area contributed by atoms with Crippen LogP contribution in [0.15, 0.2) is 12.3 Å². The van der Waals surface area contributed by atoms with Gasteiger partial charge in [0.05, 0.1) is 24.7 Å². The molecule has 0 aliphatic carbocycles. The van der Waals surface area contributed by atoms with E-state index >= 15 is 0 Å². The van der Waals surface area contributed by atoms with Crippen molar-refractivity contribution < 1.29 is 14.3 Å². The monoisotopic (exact) mass is 223 g/mol. The number of pyridine rings is 1. The Labute approximate surface area is 92.7 Å². The number of nitrogens with zero attached hydrogens (tertiary/aromatic N) is 1. The maximum atomic E-state index is 11.2. The van der Waals surface area contributed by atoms with Crippen LogP contribution in [-0.2, 0) is 9.53 Å². The molecule has 0 fully saturated rings. The van der Waals surface area contributed by atoms with Gasteiger partial charge in [-0.15, -0.1) is 0 Å². The summed E-state index contributed by atoms with van der Waals surface area (Å²) in [4.78, 5) is 15.3. The first kappa shape index (κ1) is 10.7. The van der Waals surface area contributed by atoms with Gasteiger partial charge in [0.25, 0.3) is 0 Å². The molecule has 0 radical (unpaired) electrons. The van der Waals surface area contributed by atoms with Gasteiger partial charge in [0, 0.05) is 12.6 Å². The average molecular weight is 223 g/mol. The van der Waals surface area contributed by atoms with Crippen LogP contribution in [0.4, 0.5) is 5.69 Å². The van der Waals surface area contributed by atoms with Gasteiger partial charge in [0.15, 0.2) is 0 Å². The molecule has 86 valence electrons. The van der Waals surface area contributed by atoms with E-state index in [-0.39, 0.29) is 0 Å². The van der Waals surface area contributed by atoms with Crippen LogP contribution in [0.25, 0.3) is 0 Å². The molecule has 3 N–H and O–H groups in total. The number of hydrogen-bond acceptors (Lipinski definition) is 6. The summed E-state index contributed by atoms with van der Waals surface area (Å²) >= 11 is 0. The summed E-state index contributed by atoms with van der Waals surface area (Å²) in [5, 5.41) is 3.13. The fraction of sp³-hybridized carbons (Fsp3) is 0.400. The first-order valence-electron chi connectivity index (χ1n) is 4.92. The van der Waals surface area contributed by atoms with Crippen LogP contribution in [0.3, 0.4) is 0 Å². The highest BCUT2D eigenvalue weighted by atomic mass is 16.5. The number of aromatic nitrogens is 1. The summed E-state index contributed by atoms with van der Waals surface area (Å²) in [5.41, 5.74) is 6.92. The predicted octanol–water partition coefficient (Wildman–Crippen LogP) is 0.0587. The van der Waals surface area contributed by atoms with E-state index in [4.69, 9.17) is 10.5 Å². The number of nitrogens with two attached hydrogens (primary N) is 1. The lowest BCUT2D eigenvalue weighted by Gasteiger charge is -2.19. The molecule has 16 heavy (non-hydrogen) atoms. The lowest BCUT2D eigenvalue weighted by Crippen LogP contribution is -2.25. The maximum absolute atomic E-state index is 11.2. The number of esters is 1. The molecule has 1 aliphatic heterocycles. The average Bonchev–Trinajstić information content (AvgIpc) is 2.36. The number of hydrogen-bond donors (Lipinski definition) is 2. The molecule has 2 heterocycles. The van der Waals surface area contributed by atoms with Crippen molar-refractivity contribution >= 4 is 11.7 Å². The molecular weight excluding hydrogens is 210 g/mol. The maximum Gasteiger partial charge on any atom is 0.328 e. The normalized spacial score (nSPS) is 15.4. The van der Waals surface area contributed by atoms with Gasteiger partial charge < -0.3 is 20.5 Å². The Bertz CT molecular complexity index is 408. The molecule has 1 aromatic rings. The van der Waals surface area contributed by atoms with E-state index in [2.05, 4.69) is 15.0 Å². The van der Waals surface area contributed by atoms with Crippen LogP contribution < -0.4 is 15.8 Å². The summed E-state index contributed by atoms with van der Waals surface area (Å²) in [7, 11) is 1.29. The standard InChI is InChI=1S/C10H13N3O3/c1-15-10(14)9(11)6-4-8-7(5-13-6)12-2-3-16-8/h4-5,9,12H,2-3,11H2,1H3/t9-/m1/s1. The van der Waals surface area contributed by atoms with Gasteiger partial charge in [0.2, 0.25) is 0 Å². The minimum absolute atomic E-state index is 0.439. The molecule has 6 nitrogen and oxygen atoms in total. The largest absolute Gasteiger partial charge is 0.489 e. The van der Waals surface area contributed by atoms with Crippen LogP contribution in [0.2, 0.25) is 0 Å². The molecule has 0 aromatic carbocycles. The molecule has 0 amide bonds. The zero-order valence-corrected chi connectivity index (χ0v) is 8.90. The lowest BCUT2D eigenvalue weighted by molar-refractivity contribution is -0.142. The summed E-state index contributed by atoms with van der Waals surface area (Å²) in [6.45, 7) is 1.33. The topological polar surface area (TPSA) is 86.5 Å². The van der Waals surface area contributed by atoms with Gasteiger partial charge >= 0.3 is 5.97 Å². The SMILES string of the molecule is COC(=O)[C@H](N)c1cc2c(cn1)NCCO2. The number of carbonyl (C=O) groups excluding carboxylic acids is 1. The van der Waals surface area contributed by atoms with Crippen LogP contribution in [0.5, 0.6) is 5.75 Å². The second kappa shape index (κ2) is 4.36. The van der Waals surface area contributed by atoms with Crippen molar-refractivity contribution in [1.29, 1.82) is 0 Å². The molecule has 0 unspecified atom stereocenters. The van der Waals surface area contributed by atoms with Crippen molar-refractivity contribution in [1.82, 2.24) is 4.98 Å². The molecule has 2 rings (SSSR count). The third-order valence-corrected chi connectivity index (χ3v) is 2.34. The van der Waals surface area contributed by atoms with E-state index in [9.17, 15) is 4.79 Å². The molecule has 1 aliphatic rings. The van der Waals surface area contributed by atoms with Crippen LogP contribution >= 0.6 is 0 Å². The van der Waals surface area contributed by atoms with E-state index in [0.717, 1.165) is 12.2 Å². The van der Waals surface area contributed by atoms with E-state index in [1.165, 1.54) is 7.11 Å². The number of methoxy groups -OCH3 is 1. The highest BCUT2D eigenvalue weighted by Crippen LogP contribution is 2.28. The van der Waals surface area contributed by atoms with Crippen molar-refractivity contribution in [3.63, 3.8) is 0 Å². The number of fused-ring (bicyclic) bond motifs is 1. The number of nitrogens with one attached hydrogen (secondary N) is 1. The Kier molecular flexibility index (Phi) is 2.91. The van der Waals surface area contributed by atoms with Gasteiger partial charge in [0.1, 0.15) is 18.4 Å².